The Hall–Kier alpha value is -1.20. The van der Waals surface area contributed by atoms with Crippen molar-refractivity contribution in [1.82, 2.24) is 0 Å². The van der Waals surface area contributed by atoms with Crippen LogP contribution in [-0.4, -0.2) is 6.04 Å². The van der Waals surface area contributed by atoms with Crippen molar-refractivity contribution in [2.24, 2.45) is 11.8 Å². The lowest BCUT2D eigenvalue weighted by Gasteiger charge is -2.35. The standard InChI is InChI=1S/C15H19ClN2/c1-10-5-3-7-14(11(10)2)18-15-8-4-6-13(16)12(15)9-17/h4,6,8,10-11,14,18H,3,5,7H2,1-2H3. The van der Waals surface area contributed by atoms with Crippen molar-refractivity contribution in [3.05, 3.63) is 28.8 Å². The van der Waals surface area contributed by atoms with Crippen LogP contribution in [0.15, 0.2) is 18.2 Å². The van der Waals surface area contributed by atoms with Crippen molar-refractivity contribution in [2.75, 3.05) is 5.32 Å². The number of halogens is 1. The molecule has 0 heterocycles. The number of nitriles is 1. The van der Waals surface area contributed by atoms with E-state index < -0.39 is 0 Å². The molecule has 3 unspecified atom stereocenters. The van der Waals surface area contributed by atoms with Gasteiger partial charge in [0.15, 0.2) is 0 Å². The van der Waals surface area contributed by atoms with Crippen molar-refractivity contribution >= 4 is 17.3 Å². The summed E-state index contributed by atoms with van der Waals surface area (Å²) < 4.78 is 0. The number of nitrogens with one attached hydrogen (secondary N) is 1. The summed E-state index contributed by atoms with van der Waals surface area (Å²) in [5, 5.41) is 13.2. The van der Waals surface area contributed by atoms with Gasteiger partial charge < -0.3 is 5.32 Å². The number of anilines is 1. The summed E-state index contributed by atoms with van der Waals surface area (Å²) in [5.74, 6) is 1.37. The molecule has 0 aliphatic heterocycles. The first-order valence-corrected chi connectivity index (χ1v) is 6.96. The molecule has 1 saturated carbocycles. The third-order valence-electron chi connectivity index (χ3n) is 4.17. The van der Waals surface area contributed by atoms with Gasteiger partial charge in [0.1, 0.15) is 6.07 Å². The predicted molar refractivity (Wildman–Crippen MR) is 75.8 cm³/mol. The molecule has 2 nitrogen and oxygen atoms in total. The molecule has 1 fully saturated rings. The van der Waals surface area contributed by atoms with E-state index in [4.69, 9.17) is 11.6 Å². The second kappa shape index (κ2) is 5.63. The second-order valence-corrected chi connectivity index (χ2v) is 5.70. The highest BCUT2D eigenvalue weighted by molar-refractivity contribution is 6.32. The molecule has 0 amide bonds. The lowest BCUT2D eigenvalue weighted by molar-refractivity contribution is 0.253. The number of hydrogen-bond acceptors (Lipinski definition) is 2. The SMILES string of the molecule is CC1CCCC(Nc2cccc(Cl)c2C#N)C1C. The topological polar surface area (TPSA) is 35.8 Å². The van der Waals surface area contributed by atoms with Crippen molar-refractivity contribution in [2.45, 2.75) is 39.2 Å². The van der Waals surface area contributed by atoms with Gasteiger partial charge in [-0.05, 0) is 30.4 Å². The Morgan fingerprint density at radius 1 is 1.33 bits per heavy atom. The average molecular weight is 263 g/mol. The summed E-state index contributed by atoms with van der Waals surface area (Å²) in [6, 6.07) is 8.22. The Balaban J connectivity index is 2.19. The highest BCUT2D eigenvalue weighted by atomic mass is 35.5. The molecule has 3 heteroatoms. The molecule has 1 aliphatic carbocycles. The van der Waals surface area contributed by atoms with Crippen molar-refractivity contribution in [3.63, 3.8) is 0 Å². The van der Waals surface area contributed by atoms with Gasteiger partial charge >= 0.3 is 0 Å². The fraction of sp³-hybridized carbons (Fsp3) is 0.533. The maximum absolute atomic E-state index is 9.17. The summed E-state index contributed by atoms with van der Waals surface area (Å²) in [5.41, 5.74) is 1.43. The van der Waals surface area contributed by atoms with Crippen molar-refractivity contribution < 1.29 is 0 Å². The number of nitrogens with zero attached hydrogens (tertiary/aromatic N) is 1. The molecule has 96 valence electrons. The summed E-state index contributed by atoms with van der Waals surface area (Å²) in [4.78, 5) is 0. The number of hydrogen-bond donors (Lipinski definition) is 1. The molecule has 0 aromatic heterocycles. The van der Waals surface area contributed by atoms with E-state index in [2.05, 4.69) is 25.2 Å². The van der Waals surface area contributed by atoms with Crippen LogP contribution in [0.1, 0.15) is 38.7 Å². The molecule has 0 radical (unpaired) electrons. The summed E-state index contributed by atoms with van der Waals surface area (Å²) in [6.07, 6.45) is 3.73. The van der Waals surface area contributed by atoms with Crippen LogP contribution in [0.3, 0.4) is 0 Å². The molecule has 1 aromatic carbocycles. The first kappa shape index (κ1) is 13.2. The third kappa shape index (κ3) is 2.62. The largest absolute Gasteiger partial charge is 0.381 e. The number of benzene rings is 1. The monoisotopic (exact) mass is 262 g/mol. The minimum atomic E-state index is 0.444. The van der Waals surface area contributed by atoms with Crippen LogP contribution in [0.5, 0.6) is 0 Å². The first-order valence-electron chi connectivity index (χ1n) is 6.58. The van der Waals surface area contributed by atoms with Crippen LogP contribution in [-0.2, 0) is 0 Å². The Labute approximate surface area is 114 Å². The quantitative estimate of drug-likeness (QED) is 0.855. The second-order valence-electron chi connectivity index (χ2n) is 5.29. The maximum atomic E-state index is 9.17. The fourth-order valence-corrected chi connectivity index (χ4v) is 2.96. The van der Waals surface area contributed by atoms with Gasteiger partial charge in [0.2, 0.25) is 0 Å². The zero-order valence-corrected chi connectivity index (χ0v) is 11.7. The maximum Gasteiger partial charge on any atom is 0.103 e. The zero-order valence-electron chi connectivity index (χ0n) is 10.9. The Morgan fingerprint density at radius 3 is 2.83 bits per heavy atom. The molecule has 1 aromatic rings. The van der Waals surface area contributed by atoms with Gasteiger partial charge in [0.25, 0.3) is 0 Å². The van der Waals surface area contributed by atoms with Crippen LogP contribution in [0.2, 0.25) is 5.02 Å². The van der Waals surface area contributed by atoms with E-state index in [1.54, 1.807) is 6.07 Å². The minimum Gasteiger partial charge on any atom is -0.381 e. The molecule has 3 atom stereocenters. The van der Waals surface area contributed by atoms with Crippen molar-refractivity contribution in [3.8, 4) is 6.07 Å². The molecule has 18 heavy (non-hydrogen) atoms. The van der Waals surface area contributed by atoms with Gasteiger partial charge in [-0.2, -0.15) is 5.26 Å². The molecule has 0 bridgehead atoms. The van der Waals surface area contributed by atoms with E-state index in [1.807, 2.05) is 12.1 Å². The van der Waals surface area contributed by atoms with Crippen LogP contribution in [0, 0.1) is 23.2 Å². The van der Waals surface area contributed by atoms with E-state index in [0.29, 0.717) is 22.5 Å². The summed E-state index contributed by atoms with van der Waals surface area (Å²) in [7, 11) is 0. The lowest BCUT2D eigenvalue weighted by Crippen LogP contribution is -2.35. The first-order chi connectivity index (χ1) is 8.63. The Kier molecular flexibility index (Phi) is 4.14. The Bertz CT molecular complexity index is 464. The fourth-order valence-electron chi connectivity index (χ4n) is 2.74. The average Bonchev–Trinajstić information content (AvgIpc) is 2.35. The van der Waals surface area contributed by atoms with Gasteiger partial charge in [-0.1, -0.05) is 44.4 Å². The van der Waals surface area contributed by atoms with E-state index >= 15 is 0 Å². The van der Waals surface area contributed by atoms with E-state index in [0.717, 1.165) is 11.6 Å². The molecule has 1 N–H and O–H groups in total. The lowest BCUT2D eigenvalue weighted by atomic mass is 9.78. The molecule has 0 saturated heterocycles. The van der Waals surface area contributed by atoms with Crippen LogP contribution in [0.25, 0.3) is 0 Å². The van der Waals surface area contributed by atoms with E-state index in [1.165, 1.54) is 19.3 Å². The smallest absolute Gasteiger partial charge is 0.103 e. The van der Waals surface area contributed by atoms with Crippen LogP contribution in [0.4, 0.5) is 5.69 Å². The molecule has 1 aliphatic rings. The van der Waals surface area contributed by atoms with Crippen molar-refractivity contribution in [1.29, 1.82) is 5.26 Å². The van der Waals surface area contributed by atoms with Gasteiger partial charge in [0, 0.05) is 6.04 Å². The Morgan fingerprint density at radius 2 is 2.11 bits per heavy atom. The van der Waals surface area contributed by atoms with E-state index in [9.17, 15) is 5.26 Å². The van der Waals surface area contributed by atoms with Crippen LogP contribution >= 0.6 is 11.6 Å². The normalized spacial score (nSPS) is 27.6. The molecular formula is C15H19ClN2. The summed E-state index contributed by atoms with van der Waals surface area (Å²) >= 11 is 6.05. The van der Waals surface area contributed by atoms with Gasteiger partial charge in [0.05, 0.1) is 16.3 Å². The highest BCUT2D eigenvalue weighted by Gasteiger charge is 2.27. The minimum absolute atomic E-state index is 0.444. The predicted octanol–water partition coefficient (Wildman–Crippen LogP) is 4.45. The van der Waals surface area contributed by atoms with Crippen LogP contribution < -0.4 is 5.32 Å². The van der Waals surface area contributed by atoms with Gasteiger partial charge in [-0.3, -0.25) is 0 Å². The zero-order chi connectivity index (χ0) is 13.1. The molecule has 0 spiro atoms. The molecular weight excluding hydrogens is 244 g/mol. The van der Waals surface area contributed by atoms with E-state index in [-0.39, 0.29) is 0 Å². The number of rotatable bonds is 2. The third-order valence-corrected chi connectivity index (χ3v) is 4.49. The molecule has 2 rings (SSSR count). The highest BCUT2D eigenvalue weighted by Crippen LogP contribution is 2.33. The van der Waals surface area contributed by atoms with Gasteiger partial charge in [-0.25, -0.2) is 0 Å². The summed E-state index contributed by atoms with van der Waals surface area (Å²) in [6.45, 7) is 4.60. The van der Waals surface area contributed by atoms with Gasteiger partial charge in [-0.15, -0.1) is 0 Å².